The molecule has 2 rings (SSSR count). The first-order valence-electron chi connectivity index (χ1n) is 6.13. The Kier molecular flexibility index (Phi) is 4.16. The number of aromatic nitrogens is 1. The zero-order chi connectivity index (χ0) is 14.0. The van der Waals surface area contributed by atoms with Gasteiger partial charge in [0.05, 0.1) is 18.2 Å². The van der Waals surface area contributed by atoms with Gasteiger partial charge in [0.25, 0.3) is 0 Å². The average molecular weight is 283 g/mol. The Morgan fingerprint density at radius 1 is 1.63 bits per heavy atom. The highest BCUT2D eigenvalue weighted by Crippen LogP contribution is 2.23. The normalized spacial score (nSPS) is 17.8. The second-order valence-electron chi connectivity index (χ2n) is 4.92. The van der Waals surface area contributed by atoms with Gasteiger partial charge in [0.2, 0.25) is 5.91 Å². The molecular formula is C12H17N3O3S. The van der Waals surface area contributed by atoms with Gasteiger partial charge in [-0.15, -0.1) is 11.3 Å². The smallest absolute Gasteiger partial charge is 0.306 e. The Labute approximate surface area is 115 Å². The summed E-state index contributed by atoms with van der Waals surface area (Å²) in [6.45, 7) is 5.21. The largest absolute Gasteiger partial charge is 0.481 e. The van der Waals surface area contributed by atoms with Crippen LogP contribution in [-0.2, 0) is 9.59 Å². The van der Waals surface area contributed by atoms with Crippen LogP contribution < -0.4 is 5.32 Å². The zero-order valence-electron chi connectivity index (χ0n) is 10.9. The number of hydrogen-bond donors (Lipinski definition) is 2. The number of thiazole rings is 1. The molecule has 2 heterocycles. The van der Waals surface area contributed by atoms with Crippen molar-refractivity contribution in [2.75, 3.05) is 25.0 Å². The van der Waals surface area contributed by atoms with Crippen LogP contribution in [0.25, 0.3) is 0 Å². The third-order valence-corrected chi connectivity index (χ3v) is 4.19. The SMILES string of the molecule is Cc1csc(NC(=O)CN2CC(C(C)C(=O)O)C2)n1. The fraction of sp³-hybridized carbons (Fsp3) is 0.583. The van der Waals surface area contributed by atoms with Gasteiger partial charge >= 0.3 is 5.97 Å². The second kappa shape index (κ2) is 5.66. The second-order valence-corrected chi connectivity index (χ2v) is 5.78. The number of carboxylic acids is 1. The number of aliphatic carboxylic acids is 1. The molecule has 1 aliphatic heterocycles. The van der Waals surface area contributed by atoms with Crippen LogP contribution in [0.15, 0.2) is 5.38 Å². The molecule has 0 aliphatic carbocycles. The summed E-state index contributed by atoms with van der Waals surface area (Å²) in [6.07, 6.45) is 0. The van der Waals surface area contributed by atoms with Crippen molar-refractivity contribution in [1.29, 1.82) is 0 Å². The molecule has 6 nitrogen and oxygen atoms in total. The maximum absolute atomic E-state index is 11.7. The van der Waals surface area contributed by atoms with E-state index >= 15 is 0 Å². The third-order valence-electron chi connectivity index (χ3n) is 3.31. The summed E-state index contributed by atoms with van der Waals surface area (Å²) in [5.74, 6) is -1.07. The topological polar surface area (TPSA) is 82.5 Å². The molecule has 1 amide bonds. The molecule has 1 fully saturated rings. The Morgan fingerprint density at radius 2 is 2.32 bits per heavy atom. The number of carbonyl (C=O) groups excluding carboxylic acids is 1. The van der Waals surface area contributed by atoms with E-state index < -0.39 is 5.97 Å². The van der Waals surface area contributed by atoms with E-state index in [2.05, 4.69) is 10.3 Å². The number of nitrogens with one attached hydrogen (secondary N) is 1. The van der Waals surface area contributed by atoms with E-state index in [0.717, 1.165) is 5.69 Å². The van der Waals surface area contributed by atoms with Crippen molar-refractivity contribution in [3.05, 3.63) is 11.1 Å². The zero-order valence-corrected chi connectivity index (χ0v) is 11.7. The van der Waals surface area contributed by atoms with Gasteiger partial charge < -0.3 is 10.4 Å². The van der Waals surface area contributed by atoms with Gasteiger partial charge in [-0.3, -0.25) is 14.5 Å². The van der Waals surface area contributed by atoms with Gasteiger partial charge in [0.1, 0.15) is 0 Å². The standard InChI is InChI=1S/C12H17N3O3S/c1-7-6-19-12(13-7)14-10(16)5-15-3-9(4-15)8(2)11(17)18/h6,8-9H,3-5H2,1-2H3,(H,17,18)(H,13,14,16). The molecule has 7 heteroatoms. The highest BCUT2D eigenvalue weighted by Gasteiger charge is 2.35. The Balaban J connectivity index is 1.72. The molecule has 0 spiro atoms. The number of aryl methyl sites for hydroxylation is 1. The molecule has 0 saturated carbocycles. The molecule has 1 aromatic heterocycles. The lowest BCUT2D eigenvalue weighted by atomic mass is 9.87. The molecule has 0 bridgehead atoms. The summed E-state index contributed by atoms with van der Waals surface area (Å²) in [5, 5.41) is 14.1. The van der Waals surface area contributed by atoms with Gasteiger partial charge in [0, 0.05) is 18.5 Å². The predicted molar refractivity (Wildman–Crippen MR) is 72.2 cm³/mol. The van der Waals surface area contributed by atoms with Crippen LogP contribution in [0.2, 0.25) is 0 Å². The van der Waals surface area contributed by atoms with Crippen LogP contribution in [0.5, 0.6) is 0 Å². The minimum absolute atomic E-state index is 0.101. The summed E-state index contributed by atoms with van der Waals surface area (Å²) in [6, 6.07) is 0. The Morgan fingerprint density at radius 3 is 2.84 bits per heavy atom. The molecule has 1 atom stereocenters. The average Bonchev–Trinajstić information content (AvgIpc) is 2.67. The van der Waals surface area contributed by atoms with Crippen LogP contribution in [0.1, 0.15) is 12.6 Å². The fourth-order valence-corrected chi connectivity index (χ4v) is 2.73. The van der Waals surface area contributed by atoms with Gasteiger partial charge in [-0.1, -0.05) is 6.92 Å². The van der Waals surface area contributed by atoms with E-state index in [9.17, 15) is 9.59 Å². The minimum atomic E-state index is -0.771. The summed E-state index contributed by atoms with van der Waals surface area (Å²) >= 11 is 1.40. The van der Waals surface area contributed by atoms with Crippen LogP contribution >= 0.6 is 11.3 Å². The number of amides is 1. The van der Waals surface area contributed by atoms with E-state index in [0.29, 0.717) is 24.8 Å². The van der Waals surface area contributed by atoms with Crippen LogP contribution in [0, 0.1) is 18.8 Å². The van der Waals surface area contributed by atoms with Gasteiger partial charge in [-0.25, -0.2) is 4.98 Å². The predicted octanol–water partition coefficient (Wildman–Crippen LogP) is 1.04. The molecule has 1 aromatic rings. The monoisotopic (exact) mass is 283 g/mol. The molecule has 1 aliphatic rings. The molecule has 1 unspecified atom stereocenters. The molecule has 104 valence electrons. The highest BCUT2D eigenvalue weighted by atomic mass is 32.1. The molecule has 0 aromatic carbocycles. The van der Waals surface area contributed by atoms with Crippen molar-refractivity contribution >= 4 is 28.3 Å². The lowest BCUT2D eigenvalue weighted by molar-refractivity contribution is -0.145. The lowest BCUT2D eigenvalue weighted by Crippen LogP contribution is -2.53. The van der Waals surface area contributed by atoms with Crippen molar-refractivity contribution < 1.29 is 14.7 Å². The summed E-state index contributed by atoms with van der Waals surface area (Å²) in [7, 11) is 0. The van der Waals surface area contributed by atoms with Crippen LogP contribution in [-0.4, -0.2) is 46.5 Å². The number of rotatable bonds is 5. The first-order chi connectivity index (χ1) is 8.95. The highest BCUT2D eigenvalue weighted by molar-refractivity contribution is 7.13. The Bertz CT molecular complexity index is 482. The molecule has 0 radical (unpaired) electrons. The van der Waals surface area contributed by atoms with E-state index in [4.69, 9.17) is 5.11 Å². The van der Waals surface area contributed by atoms with Crippen molar-refractivity contribution in [2.24, 2.45) is 11.8 Å². The quantitative estimate of drug-likeness (QED) is 0.844. The maximum Gasteiger partial charge on any atom is 0.306 e. The summed E-state index contributed by atoms with van der Waals surface area (Å²) in [4.78, 5) is 28.6. The van der Waals surface area contributed by atoms with Crippen LogP contribution in [0.4, 0.5) is 5.13 Å². The van der Waals surface area contributed by atoms with E-state index in [1.54, 1.807) is 6.92 Å². The van der Waals surface area contributed by atoms with E-state index in [-0.39, 0.29) is 17.7 Å². The van der Waals surface area contributed by atoms with Gasteiger partial charge in [-0.05, 0) is 12.8 Å². The lowest BCUT2D eigenvalue weighted by Gasteiger charge is -2.40. The molecule has 2 N–H and O–H groups in total. The molecular weight excluding hydrogens is 266 g/mol. The fourth-order valence-electron chi connectivity index (χ4n) is 2.03. The van der Waals surface area contributed by atoms with Gasteiger partial charge in [0.15, 0.2) is 5.13 Å². The summed E-state index contributed by atoms with van der Waals surface area (Å²) < 4.78 is 0. The van der Waals surface area contributed by atoms with E-state index in [1.807, 2.05) is 17.2 Å². The first-order valence-corrected chi connectivity index (χ1v) is 7.01. The number of anilines is 1. The molecule has 1 saturated heterocycles. The number of carboxylic acid groups (broad SMARTS) is 1. The molecule has 19 heavy (non-hydrogen) atoms. The van der Waals surface area contributed by atoms with Crippen molar-refractivity contribution in [2.45, 2.75) is 13.8 Å². The number of hydrogen-bond acceptors (Lipinski definition) is 5. The van der Waals surface area contributed by atoms with Crippen molar-refractivity contribution in [3.8, 4) is 0 Å². The number of nitrogens with zero attached hydrogens (tertiary/aromatic N) is 2. The maximum atomic E-state index is 11.7. The summed E-state index contributed by atoms with van der Waals surface area (Å²) in [5.41, 5.74) is 0.889. The third kappa shape index (κ3) is 3.51. The first kappa shape index (κ1) is 14.0. The minimum Gasteiger partial charge on any atom is -0.481 e. The number of carbonyl (C=O) groups is 2. The van der Waals surface area contributed by atoms with Crippen molar-refractivity contribution in [3.63, 3.8) is 0 Å². The Hall–Kier alpha value is -1.47. The van der Waals surface area contributed by atoms with Crippen LogP contribution in [0.3, 0.4) is 0 Å². The van der Waals surface area contributed by atoms with Gasteiger partial charge in [-0.2, -0.15) is 0 Å². The number of likely N-dealkylation sites (tertiary alicyclic amines) is 1. The van der Waals surface area contributed by atoms with Crippen molar-refractivity contribution in [1.82, 2.24) is 9.88 Å². The van der Waals surface area contributed by atoms with E-state index in [1.165, 1.54) is 11.3 Å².